The van der Waals surface area contributed by atoms with Crippen LogP contribution in [0.25, 0.3) is 22.2 Å². The van der Waals surface area contributed by atoms with Gasteiger partial charge in [-0.15, -0.1) is 0 Å². The summed E-state index contributed by atoms with van der Waals surface area (Å²) in [5.74, 6) is -0.644. The fraction of sp³-hybridized carbons (Fsp3) is 0.258. The molecule has 11 heteroatoms. The standard InChI is InChI=1S/C31H32F3N3O4Si/c1-30(2,3)42(4,5)41-18-21-12-15-23(17-25(21)31(32,33)34)35-28(38)24-16-20-8-6-7-9-26(20)37-27(24)19-10-13-22(14-11-19)36-29(39)40/h6-17,36H,18H2,1-5H3,(H,35,38)(H,39,40). The minimum Gasteiger partial charge on any atom is -0.465 e. The molecule has 7 nitrogen and oxygen atoms in total. The Morgan fingerprint density at radius 1 is 0.905 bits per heavy atom. The van der Waals surface area contributed by atoms with Crippen LogP contribution in [0.5, 0.6) is 0 Å². The van der Waals surface area contributed by atoms with E-state index in [2.05, 4.69) is 15.6 Å². The Morgan fingerprint density at radius 2 is 1.55 bits per heavy atom. The molecule has 220 valence electrons. The number of hydrogen-bond acceptors (Lipinski definition) is 4. The van der Waals surface area contributed by atoms with Gasteiger partial charge in [-0.3, -0.25) is 10.1 Å². The van der Waals surface area contributed by atoms with Crippen LogP contribution in [-0.2, 0) is 17.2 Å². The molecule has 0 aliphatic heterocycles. The highest BCUT2D eigenvalue weighted by Gasteiger charge is 2.39. The van der Waals surface area contributed by atoms with E-state index in [0.717, 1.165) is 6.07 Å². The number of benzene rings is 3. The number of pyridine rings is 1. The minimum absolute atomic E-state index is 0.00607. The number of nitrogens with one attached hydrogen (secondary N) is 2. The molecule has 0 unspecified atom stereocenters. The van der Waals surface area contributed by atoms with E-state index in [1.807, 2.05) is 33.9 Å². The van der Waals surface area contributed by atoms with Crippen molar-refractivity contribution in [2.45, 2.75) is 51.7 Å². The van der Waals surface area contributed by atoms with E-state index in [0.29, 0.717) is 27.8 Å². The van der Waals surface area contributed by atoms with Gasteiger partial charge in [0.25, 0.3) is 5.91 Å². The summed E-state index contributed by atoms with van der Waals surface area (Å²) in [4.78, 5) is 29.1. The number of carboxylic acid groups (broad SMARTS) is 1. The number of aromatic nitrogens is 1. The van der Waals surface area contributed by atoms with Gasteiger partial charge >= 0.3 is 12.3 Å². The molecule has 1 heterocycles. The molecule has 0 radical (unpaired) electrons. The summed E-state index contributed by atoms with van der Waals surface area (Å²) in [6.07, 6.45) is -5.88. The van der Waals surface area contributed by atoms with Crippen LogP contribution in [0, 0.1) is 0 Å². The smallest absolute Gasteiger partial charge is 0.416 e. The van der Waals surface area contributed by atoms with Gasteiger partial charge in [0, 0.05) is 22.3 Å². The molecule has 0 bridgehead atoms. The Bertz CT molecular complexity index is 1630. The summed E-state index contributed by atoms with van der Waals surface area (Å²) in [5, 5.41) is 14.3. The Kier molecular flexibility index (Phi) is 8.47. The van der Waals surface area contributed by atoms with E-state index < -0.39 is 32.1 Å². The van der Waals surface area contributed by atoms with Crippen molar-refractivity contribution in [3.8, 4) is 11.3 Å². The first-order valence-corrected chi connectivity index (χ1v) is 16.1. The summed E-state index contributed by atoms with van der Waals surface area (Å²) in [6, 6.07) is 18.7. The van der Waals surface area contributed by atoms with Gasteiger partial charge in [0.15, 0.2) is 8.32 Å². The van der Waals surface area contributed by atoms with Gasteiger partial charge in [-0.05, 0) is 60.1 Å². The molecule has 3 aromatic carbocycles. The van der Waals surface area contributed by atoms with Crippen molar-refractivity contribution < 1.29 is 32.3 Å². The molecule has 0 aliphatic rings. The van der Waals surface area contributed by atoms with E-state index >= 15 is 0 Å². The first-order chi connectivity index (χ1) is 19.5. The van der Waals surface area contributed by atoms with Gasteiger partial charge in [0.2, 0.25) is 0 Å². The molecule has 4 rings (SSSR count). The molecule has 42 heavy (non-hydrogen) atoms. The van der Waals surface area contributed by atoms with Crippen molar-refractivity contribution in [3.05, 3.63) is 89.5 Å². The first kappa shape index (κ1) is 30.7. The number of hydrogen-bond donors (Lipinski definition) is 3. The number of alkyl halides is 3. The predicted molar refractivity (Wildman–Crippen MR) is 160 cm³/mol. The van der Waals surface area contributed by atoms with Gasteiger partial charge in [-0.25, -0.2) is 9.78 Å². The van der Waals surface area contributed by atoms with Crippen molar-refractivity contribution in [2.24, 2.45) is 0 Å². The molecule has 3 N–H and O–H groups in total. The predicted octanol–water partition coefficient (Wildman–Crippen LogP) is 8.78. The monoisotopic (exact) mass is 595 g/mol. The lowest BCUT2D eigenvalue weighted by atomic mass is 10.0. The SMILES string of the molecule is CC(C)(C)[Si](C)(C)OCc1ccc(NC(=O)c2cc3ccccc3nc2-c2ccc(NC(=O)O)cc2)cc1C(F)(F)F. The molecule has 0 spiro atoms. The first-order valence-electron chi connectivity index (χ1n) is 13.2. The Labute approximate surface area is 242 Å². The number of amides is 2. The van der Waals surface area contributed by atoms with Crippen LogP contribution in [0.15, 0.2) is 72.8 Å². The number of rotatable bonds is 7. The topological polar surface area (TPSA) is 101 Å². The number of nitrogens with zero attached hydrogens (tertiary/aromatic N) is 1. The maximum Gasteiger partial charge on any atom is 0.416 e. The van der Waals surface area contributed by atoms with Gasteiger partial charge < -0.3 is 14.8 Å². The second-order valence-corrected chi connectivity index (χ2v) is 16.3. The molecule has 0 saturated carbocycles. The maximum absolute atomic E-state index is 14.1. The Hall–Kier alpha value is -4.22. The average molecular weight is 596 g/mol. The van der Waals surface area contributed by atoms with E-state index in [9.17, 15) is 22.8 Å². The highest BCUT2D eigenvalue weighted by molar-refractivity contribution is 6.74. The second-order valence-electron chi connectivity index (χ2n) is 11.5. The van der Waals surface area contributed by atoms with Crippen LogP contribution in [0.3, 0.4) is 0 Å². The zero-order chi connectivity index (χ0) is 30.9. The Morgan fingerprint density at radius 3 is 2.17 bits per heavy atom. The zero-order valence-electron chi connectivity index (χ0n) is 23.9. The maximum atomic E-state index is 14.1. The van der Waals surface area contributed by atoms with E-state index in [4.69, 9.17) is 9.53 Å². The lowest BCUT2D eigenvalue weighted by molar-refractivity contribution is -0.138. The normalized spacial score (nSPS) is 12.3. The fourth-order valence-corrected chi connectivity index (χ4v) is 5.01. The molecular formula is C31H32F3N3O4Si. The van der Waals surface area contributed by atoms with Crippen LogP contribution in [0.1, 0.15) is 42.3 Å². The second kappa shape index (κ2) is 11.6. The number of carbonyl (C=O) groups excluding carboxylic acids is 1. The third-order valence-electron chi connectivity index (χ3n) is 7.45. The van der Waals surface area contributed by atoms with Gasteiger partial charge in [0.1, 0.15) is 0 Å². The van der Waals surface area contributed by atoms with Crippen LogP contribution < -0.4 is 10.6 Å². The highest BCUT2D eigenvalue weighted by atomic mass is 28.4. The van der Waals surface area contributed by atoms with Crippen molar-refractivity contribution in [1.82, 2.24) is 4.98 Å². The van der Waals surface area contributed by atoms with Crippen molar-refractivity contribution in [3.63, 3.8) is 0 Å². The van der Waals surface area contributed by atoms with Crippen molar-refractivity contribution in [2.75, 3.05) is 10.6 Å². The summed E-state index contributed by atoms with van der Waals surface area (Å²) in [6.45, 7) is 9.80. The minimum atomic E-state index is -4.66. The van der Waals surface area contributed by atoms with Crippen molar-refractivity contribution in [1.29, 1.82) is 0 Å². The molecular weight excluding hydrogens is 563 g/mol. The largest absolute Gasteiger partial charge is 0.465 e. The molecule has 2 amide bonds. The molecule has 0 atom stereocenters. The molecule has 4 aromatic rings. The third kappa shape index (κ3) is 6.97. The lowest BCUT2D eigenvalue weighted by Crippen LogP contribution is -2.40. The summed E-state index contributed by atoms with van der Waals surface area (Å²) in [7, 11) is -2.30. The Balaban J connectivity index is 1.68. The number of halogens is 3. The molecule has 0 aliphatic carbocycles. The summed E-state index contributed by atoms with van der Waals surface area (Å²) < 4.78 is 48.4. The highest BCUT2D eigenvalue weighted by Crippen LogP contribution is 2.39. The van der Waals surface area contributed by atoms with E-state index in [1.54, 1.807) is 42.5 Å². The van der Waals surface area contributed by atoms with E-state index in [-0.39, 0.29) is 28.5 Å². The summed E-state index contributed by atoms with van der Waals surface area (Å²) >= 11 is 0. The number of fused-ring (bicyclic) bond motifs is 1. The summed E-state index contributed by atoms with van der Waals surface area (Å²) in [5.41, 5.74) is 0.998. The lowest BCUT2D eigenvalue weighted by Gasteiger charge is -2.36. The zero-order valence-corrected chi connectivity index (χ0v) is 24.9. The van der Waals surface area contributed by atoms with Crippen LogP contribution in [-0.4, -0.2) is 30.4 Å². The third-order valence-corrected chi connectivity index (χ3v) is 11.9. The number of anilines is 2. The van der Waals surface area contributed by atoms with Crippen LogP contribution in [0.4, 0.5) is 29.3 Å². The molecule has 0 fully saturated rings. The molecule has 0 saturated heterocycles. The number of para-hydroxylation sites is 1. The quantitative estimate of drug-likeness (QED) is 0.185. The number of carbonyl (C=O) groups is 2. The fourth-order valence-electron chi connectivity index (χ4n) is 4.06. The van der Waals surface area contributed by atoms with Gasteiger partial charge in [0.05, 0.1) is 28.9 Å². The molecule has 1 aromatic heterocycles. The average Bonchev–Trinajstić information content (AvgIpc) is 2.90. The van der Waals surface area contributed by atoms with Crippen molar-refractivity contribution >= 4 is 42.6 Å². The van der Waals surface area contributed by atoms with Gasteiger partial charge in [-0.1, -0.05) is 57.2 Å². The van der Waals surface area contributed by atoms with Gasteiger partial charge in [-0.2, -0.15) is 13.2 Å². The van der Waals surface area contributed by atoms with Crippen LogP contribution >= 0.6 is 0 Å². The van der Waals surface area contributed by atoms with Crippen LogP contribution in [0.2, 0.25) is 18.1 Å². The van der Waals surface area contributed by atoms with E-state index in [1.165, 1.54) is 24.3 Å².